The van der Waals surface area contributed by atoms with Crippen LogP contribution in [0.4, 0.5) is 4.79 Å². The highest BCUT2D eigenvalue weighted by Crippen LogP contribution is 2.31. The highest BCUT2D eigenvalue weighted by atomic mass is 16.7. The standard InChI is InChI=1S/C17H20N2O3/c1-5-13-15(22-17(20)21)14(10(2)3)19-16(18-13)12-8-6-7-11(4)9-12/h6-10H,5H2,1-4H3,(H,20,21). The normalized spacial score (nSPS) is 10.8. The molecule has 0 saturated carbocycles. The second kappa shape index (κ2) is 6.56. The van der Waals surface area contributed by atoms with Gasteiger partial charge in [0.1, 0.15) is 0 Å². The average molecular weight is 300 g/mol. The predicted octanol–water partition coefficient (Wildman–Crippen LogP) is 4.19. The monoisotopic (exact) mass is 300 g/mol. The van der Waals surface area contributed by atoms with E-state index in [1.807, 2.05) is 52.0 Å². The molecule has 0 fully saturated rings. The van der Waals surface area contributed by atoms with E-state index in [-0.39, 0.29) is 11.7 Å². The van der Waals surface area contributed by atoms with Crippen LogP contribution in [0, 0.1) is 6.92 Å². The fourth-order valence-electron chi connectivity index (χ4n) is 2.26. The Bertz CT molecular complexity index is 696. The fraction of sp³-hybridized carbons (Fsp3) is 0.353. The summed E-state index contributed by atoms with van der Waals surface area (Å²) in [4.78, 5) is 20.0. The molecule has 1 N–H and O–H groups in total. The number of nitrogens with zero attached hydrogens (tertiary/aromatic N) is 2. The summed E-state index contributed by atoms with van der Waals surface area (Å²) in [6.45, 7) is 7.84. The lowest BCUT2D eigenvalue weighted by Gasteiger charge is -2.15. The first-order valence-corrected chi connectivity index (χ1v) is 7.31. The number of carboxylic acid groups (broad SMARTS) is 1. The van der Waals surface area contributed by atoms with Gasteiger partial charge in [0.25, 0.3) is 0 Å². The van der Waals surface area contributed by atoms with Crippen molar-refractivity contribution in [1.29, 1.82) is 0 Å². The zero-order chi connectivity index (χ0) is 16.3. The summed E-state index contributed by atoms with van der Waals surface area (Å²) in [5.41, 5.74) is 3.26. The Labute approximate surface area is 130 Å². The number of benzene rings is 1. The number of aromatic nitrogens is 2. The van der Waals surface area contributed by atoms with Crippen molar-refractivity contribution in [3.05, 3.63) is 41.2 Å². The van der Waals surface area contributed by atoms with E-state index in [9.17, 15) is 4.79 Å². The first-order chi connectivity index (χ1) is 10.4. The van der Waals surface area contributed by atoms with E-state index >= 15 is 0 Å². The highest BCUT2D eigenvalue weighted by molar-refractivity contribution is 5.64. The minimum absolute atomic E-state index is 0.0335. The van der Waals surface area contributed by atoms with E-state index in [0.29, 0.717) is 23.6 Å². The van der Waals surface area contributed by atoms with Crippen LogP contribution in [0.3, 0.4) is 0 Å². The van der Waals surface area contributed by atoms with E-state index in [4.69, 9.17) is 9.84 Å². The molecule has 2 aromatic rings. The highest BCUT2D eigenvalue weighted by Gasteiger charge is 2.20. The third kappa shape index (κ3) is 3.42. The quantitative estimate of drug-likeness (QED) is 0.857. The van der Waals surface area contributed by atoms with Crippen molar-refractivity contribution >= 4 is 6.16 Å². The first-order valence-electron chi connectivity index (χ1n) is 7.31. The second-order valence-corrected chi connectivity index (χ2v) is 5.45. The third-order valence-corrected chi connectivity index (χ3v) is 3.31. The van der Waals surface area contributed by atoms with E-state index in [1.165, 1.54) is 0 Å². The van der Waals surface area contributed by atoms with Crippen LogP contribution in [0.1, 0.15) is 43.6 Å². The van der Waals surface area contributed by atoms with Crippen LogP contribution in [0.2, 0.25) is 0 Å². The zero-order valence-corrected chi connectivity index (χ0v) is 13.3. The van der Waals surface area contributed by atoms with Gasteiger partial charge in [0.2, 0.25) is 0 Å². The number of ether oxygens (including phenoxy) is 1. The Morgan fingerprint density at radius 3 is 2.59 bits per heavy atom. The minimum Gasteiger partial charge on any atom is -0.449 e. The molecule has 0 unspecified atom stereocenters. The molecule has 0 radical (unpaired) electrons. The number of hydrogen-bond acceptors (Lipinski definition) is 4. The molecule has 5 nitrogen and oxygen atoms in total. The van der Waals surface area contributed by atoms with Crippen LogP contribution in [0.15, 0.2) is 24.3 Å². The second-order valence-electron chi connectivity index (χ2n) is 5.45. The summed E-state index contributed by atoms with van der Waals surface area (Å²) in [6, 6.07) is 7.92. The van der Waals surface area contributed by atoms with Crippen LogP contribution < -0.4 is 4.74 Å². The SMILES string of the molecule is CCc1nc(-c2cccc(C)c2)nc(C(C)C)c1OC(=O)O. The Hall–Kier alpha value is -2.43. The molecule has 0 bridgehead atoms. The zero-order valence-electron chi connectivity index (χ0n) is 13.3. The predicted molar refractivity (Wildman–Crippen MR) is 84.3 cm³/mol. The van der Waals surface area contributed by atoms with Gasteiger partial charge in [-0.25, -0.2) is 14.8 Å². The van der Waals surface area contributed by atoms with Gasteiger partial charge in [-0.1, -0.05) is 44.5 Å². The molecule has 0 atom stereocenters. The summed E-state index contributed by atoms with van der Waals surface area (Å²) < 4.78 is 4.93. The molecule has 0 saturated heterocycles. The third-order valence-electron chi connectivity index (χ3n) is 3.31. The number of carbonyl (C=O) groups is 1. The summed E-state index contributed by atoms with van der Waals surface area (Å²) in [5.74, 6) is 0.898. The molecule has 2 rings (SSSR count). The molecule has 0 spiro atoms. The van der Waals surface area contributed by atoms with Gasteiger partial charge in [-0.05, 0) is 25.3 Å². The van der Waals surface area contributed by atoms with Crippen molar-refractivity contribution in [2.45, 2.75) is 40.0 Å². The Morgan fingerprint density at radius 1 is 1.32 bits per heavy atom. The van der Waals surface area contributed by atoms with Crippen LogP contribution in [0.25, 0.3) is 11.4 Å². The molecular formula is C17H20N2O3. The molecule has 1 aromatic heterocycles. The molecule has 22 heavy (non-hydrogen) atoms. The summed E-state index contributed by atoms with van der Waals surface area (Å²) >= 11 is 0. The van der Waals surface area contributed by atoms with E-state index in [1.54, 1.807) is 0 Å². The summed E-state index contributed by atoms with van der Waals surface area (Å²) in [6.07, 6.45) is -0.771. The number of rotatable bonds is 4. The molecule has 1 aromatic carbocycles. The molecule has 116 valence electrons. The van der Waals surface area contributed by atoms with Crippen molar-refractivity contribution < 1.29 is 14.6 Å². The molecule has 0 aliphatic heterocycles. The van der Waals surface area contributed by atoms with E-state index in [2.05, 4.69) is 9.97 Å². The molecule has 0 aliphatic carbocycles. The van der Waals surface area contributed by atoms with E-state index < -0.39 is 6.16 Å². The number of hydrogen-bond donors (Lipinski definition) is 1. The maximum atomic E-state index is 10.9. The van der Waals surface area contributed by atoms with E-state index in [0.717, 1.165) is 11.1 Å². The minimum atomic E-state index is -1.34. The van der Waals surface area contributed by atoms with Crippen molar-refractivity contribution in [1.82, 2.24) is 9.97 Å². The lowest BCUT2D eigenvalue weighted by Crippen LogP contribution is -2.12. The van der Waals surface area contributed by atoms with Crippen LogP contribution >= 0.6 is 0 Å². The topological polar surface area (TPSA) is 72.3 Å². The Balaban J connectivity index is 2.63. The molecular weight excluding hydrogens is 280 g/mol. The maximum Gasteiger partial charge on any atom is 0.511 e. The van der Waals surface area contributed by atoms with Crippen LogP contribution in [-0.2, 0) is 6.42 Å². The van der Waals surface area contributed by atoms with Gasteiger partial charge < -0.3 is 9.84 Å². The van der Waals surface area contributed by atoms with Crippen molar-refractivity contribution in [3.8, 4) is 17.1 Å². The van der Waals surface area contributed by atoms with Crippen LogP contribution in [0.5, 0.6) is 5.75 Å². The molecule has 1 heterocycles. The average Bonchev–Trinajstić information content (AvgIpc) is 2.46. The van der Waals surface area contributed by atoms with Gasteiger partial charge in [0.15, 0.2) is 11.6 Å². The van der Waals surface area contributed by atoms with Gasteiger partial charge >= 0.3 is 6.16 Å². The molecule has 0 amide bonds. The van der Waals surface area contributed by atoms with Crippen molar-refractivity contribution in [3.63, 3.8) is 0 Å². The Kier molecular flexibility index (Phi) is 4.75. The van der Waals surface area contributed by atoms with Gasteiger partial charge in [-0.15, -0.1) is 0 Å². The van der Waals surface area contributed by atoms with Gasteiger partial charge in [-0.3, -0.25) is 0 Å². The van der Waals surface area contributed by atoms with Gasteiger partial charge in [0.05, 0.1) is 11.4 Å². The van der Waals surface area contributed by atoms with Crippen LogP contribution in [-0.4, -0.2) is 21.2 Å². The van der Waals surface area contributed by atoms with Crippen molar-refractivity contribution in [2.24, 2.45) is 0 Å². The molecule has 0 aliphatic rings. The Morgan fingerprint density at radius 2 is 2.05 bits per heavy atom. The lowest BCUT2D eigenvalue weighted by atomic mass is 10.1. The van der Waals surface area contributed by atoms with Crippen molar-refractivity contribution in [2.75, 3.05) is 0 Å². The number of aryl methyl sites for hydroxylation is 2. The van der Waals surface area contributed by atoms with Gasteiger partial charge in [-0.2, -0.15) is 0 Å². The fourth-order valence-corrected chi connectivity index (χ4v) is 2.26. The summed E-state index contributed by atoms with van der Waals surface area (Å²) in [5, 5.41) is 8.94. The maximum absolute atomic E-state index is 10.9. The largest absolute Gasteiger partial charge is 0.511 e. The molecule has 5 heteroatoms. The summed E-state index contributed by atoms with van der Waals surface area (Å²) in [7, 11) is 0. The first kappa shape index (κ1) is 15.9. The lowest BCUT2D eigenvalue weighted by molar-refractivity contribution is 0.143. The smallest absolute Gasteiger partial charge is 0.449 e. The van der Waals surface area contributed by atoms with Gasteiger partial charge in [0, 0.05) is 5.56 Å².